The number of amides is 1. The van der Waals surface area contributed by atoms with Crippen LogP contribution in [0.2, 0.25) is 0 Å². The van der Waals surface area contributed by atoms with Crippen molar-refractivity contribution in [3.8, 4) is 0 Å². The number of carbonyl (C=O) groups excluding carboxylic acids is 2. The SMILES string of the molecule is CCOC(=O)c1nc2ccccn2c1NC(=O)c1ccc(CS(C)(=O)=O)cc1. The topological polar surface area (TPSA) is 107 Å². The first-order valence-electron chi connectivity index (χ1n) is 8.50. The molecule has 2 aromatic heterocycles. The van der Waals surface area contributed by atoms with Crippen molar-refractivity contribution in [3.05, 3.63) is 65.5 Å². The van der Waals surface area contributed by atoms with E-state index >= 15 is 0 Å². The fraction of sp³-hybridized carbons (Fsp3) is 0.211. The molecule has 146 valence electrons. The Morgan fingerprint density at radius 3 is 2.50 bits per heavy atom. The number of sulfone groups is 1. The van der Waals surface area contributed by atoms with E-state index in [4.69, 9.17) is 4.74 Å². The molecule has 1 amide bonds. The van der Waals surface area contributed by atoms with E-state index in [1.807, 2.05) is 0 Å². The number of esters is 1. The summed E-state index contributed by atoms with van der Waals surface area (Å²) in [6.07, 6.45) is 2.82. The monoisotopic (exact) mass is 401 g/mol. The Morgan fingerprint density at radius 2 is 1.86 bits per heavy atom. The first kappa shape index (κ1) is 19.6. The normalized spacial score (nSPS) is 11.4. The quantitative estimate of drug-likeness (QED) is 0.635. The van der Waals surface area contributed by atoms with Gasteiger partial charge in [-0.15, -0.1) is 0 Å². The number of pyridine rings is 1. The summed E-state index contributed by atoms with van der Waals surface area (Å²) in [6, 6.07) is 11.4. The van der Waals surface area contributed by atoms with Gasteiger partial charge in [0.25, 0.3) is 5.91 Å². The smallest absolute Gasteiger partial charge is 0.360 e. The number of imidazole rings is 1. The summed E-state index contributed by atoms with van der Waals surface area (Å²) in [7, 11) is -3.16. The van der Waals surface area contributed by atoms with Crippen molar-refractivity contribution in [1.82, 2.24) is 9.38 Å². The summed E-state index contributed by atoms with van der Waals surface area (Å²) in [6.45, 7) is 1.87. The average Bonchev–Trinajstić information content (AvgIpc) is 3.00. The number of hydrogen-bond donors (Lipinski definition) is 1. The van der Waals surface area contributed by atoms with Gasteiger partial charge in [0.1, 0.15) is 5.65 Å². The third kappa shape index (κ3) is 4.37. The number of hydrogen-bond acceptors (Lipinski definition) is 6. The number of nitrogens with one attached hydrogen (secondary N) is 1. The fourth-order valence-corrected chi connectivity index (χ4v) is 3.49. The van der Waals surface area contributed by atoms with Crippen molar-refractivity contribution in [2.45, 2.75) is 12.7 Å². The van der Waals surface area contributed by atoms with Gasteiger partial charge < -0.3 is 10.1 Å². The number of benzene rings is 1. The Balaban J connectivity index is 1.90. The summed E-state index contributed by atoms with van der Waals surface area (Å²) in [4.78, 5) is 29.1. The number of aromatic nitrogens is 2. The molecule has 0 unspecified atom stereocenters. The van der Waals surface area contributed by atoms with Crippen LogP contribution in [-0.2, 0) is 20.3 Å². The molecule has 8 nitrogen and oxygen atoms in total. The van der Waals surface area contributed by atoms with Crippen molar-refractivity contribution in [2.24, 2.45) is 0 Å². The van der Waals surface area contributed by atoms with Crippen molar-refractivity contribution in [1.29, 1.82) is 0 Å². The Bertz CT molecular complexity index is 1130. The van der Waals surface area contributed by atoms with E-state index in [0.717, 1.165) is 6.26 Å². The highest BCUT2D eigenvalue weighted by Crippen LogP contribution is 2.20. The van der Waals surface area contributed by atoms with Gasteiger partial charge in [-0.2, -0.15) is 0 Å². The second kappa shape index (κ2) is 7.81. The average molecular weight is 401 g/mol. The molecule has 0 spiro atoms. The molecule has 9 heteroatoms. The molecule has 2 heterocycles. The lowest BCUT2D eigenvalue weighted by atomic mass is 10.1. The fourth-order valence-electron chi connectivity index (χ4n) is 2.69. The summed E-state index contributed by atoms with van der Waals surface area (Å²) in [5.74, 6) is -0.985. The lowest BCUT2D eigenvalue weighted by molar-refractivity contribution is 0.0521. The lowest BCUT2D eigenvalue weighted by Gasteiger charge is -2.08. The van der Waals surface area contributed by atoms with Crippen molar-refractivity contribution < 1.29 is 22.7 Å². The maximum atomic E-state index is 12.7. The molecule has 1 N–H and O–H groups in total. The van der Waals surface area contributed by atoms with Crippen molar-refractivity contribution in [3.63, 3.8) is 0 Å². The summed E-state index contributed by atoms with van der Waals surface area (Å²) in [5.41, 5.74) is 1.40. The maximum Gasteiger partial charge on any atom is 0.360 e. The highest BCUT2D eigenvalue weighted by molar-refractivity contribution is 7.89. The Hall–Kier alpha value is -3.20. The van der Waals surface area contributed by atoms with Crippen LogP contribution in [0.5, 0.6) is 0 Å². The summed E-state index contributed by atoms with van der Waals surface area (Å²) >= 11 is 0. The predicted molar refractivity (Wildman–Crippen MR) is 104 cm³/mol. The first-order chi connectivity index (χ1) is 13.3. The largest absolute Gasteiger partial charge is 0.461 e. The van der Waals surface area contributed by atoms with Crippen LogP contribution in [0.15, 0.2) is 48.7 Å². The third-order valence-electron chi connectivity index (χ3n) is 3.88. The minimum Gasteiger partial charge on any atom is -0.461 e. The van der Waals surface area contributed by atoms with E-state index in [9.17, 15) is 18.0 Å². The number of anilines is 1. The highest BCUT2D eigenvalue weighted by Gasteiger charge is 2.22. The molecular weight excluding hydrogens is 382 g/mol. The number of ether oxygens (including phenoxy) is 1. The second-order valence-electron chi connectivity index (χ2n) is 6.18. The van der Waals surface area contributed by atoms with Crippen LogP contribution < -0.4 is 5.32 Å². The molecule has 28 heavy (non-hydrogen) atoms. The molecule has 3 rings (SSSR count). The van der Waals surface area contributed by atoms with Gasteiger partial charge in [0.05, 0.1) is 12.4 Å². The molecular formula is C19H19N3O5S. The molecule has 0 radical (unpaired) electrons. The second-order valence-corrected chi connectivity index (χ2v) is 8.32. The molecule has 0 saturated heterocycles. The number of rotatable bonds is 6. The van der Waals surface area contributed by atoms with Crippen LogP contribution in [-0.4, -0.2) is 42.5 Å². The minimum absolute atomic E-state index is 0.00935. The van der Waals surface area contributed by atoms with E-state index < -0.39 is 21.7 Å². The number of nitrogens with zero attached hydrogens (tertiary/aromatic N) is 2. The summed E-state index contributed by atoms with van der Waals surface area (Å²) < 4.78 is 29.4. The van der Waals surface area contributed by atoms with Crippen LogP contribution in [0.4, 0.5) is 5.82 Å². The molecule has 0 saturated carbocycles. The van der Waals surface area contributed by atoms with E-state index in [1.165, 1.54) is 12.1 Å². The summed E-state index contributed by atoms with van der Waals surface area (Å²) in [5, 5.41) is 2.70. The Kier molecular flexibility index (Phi) is 5.46. The van der Waals surface area contributed by atoms with Crippen LogP contribution in [0.1, 0.15) is 33.3 Å². The number of fused-ring (bicyclic) bond motifs is 1. The van der Waals surface area contributed by atoms with Gasteiger partial charge in [-0.3, -0.25) is 9.20 Å². The molecule has 0 bridgehead atoms. The van der Waals surface area contributed by atoms with Crippen molar-refractivity contribution >= 4 is 33.2 Å². The van der Waals surface area contributed by atoms with E-state index in [1.54, 1.807) is 47.9 Å². The zero-order valence-corrected chi connectivity index (χ0v) is 16.2. The van der Waals surface area contributed by atoms with Crippen molar-refractivity contribution in [2.75, 3.05) is 18.2 Å². The zero-order chi connectivity index (χ0) is 20.3. The van der Waals surface area contributed by atoms with Gasteiger partial charge in [-0.25, -0.2) is 18.2 Å². The molecule has 0 atom stereocenters. The van der Waals surface area contributed by atoms with Crippen LogP contribution >= 0.6 is 0 Å². The van der Waals surface area contributed by atoms with E-state index in [0.29, 0.717) is 16.8 Å². The number of carbonyl (C=O) groups is 2. The molecule has 1 aromatic carbocycles. The molecule has 0 aliphatic heterocycles. The first-order valence-corrected chi connectivity index (χ1v) is 10.6. The van der Waals surface area contributed by atoms with Crippen LogP contribution in [0.25, 0.3) is 5.65 Å². The highest BCUT2D eigenvalue weighted by atomic mass is 32.2. The molecule has 0 aliphatic carbocycles. The lowest BCUT2D eigenvalue weighted by Crippen LogP contribution is -2.17. The Morgan fingerprint density at radius 1 is 1.14 bits per heavy atom. The van der Waals surface area contributed by atoms with E-state index in [-0.39, 0.29) is 23.9 Å². The van der Waals surface area contributed by atoms with Crippen LogP contribution in [0, 0.1) is 0 Å². The van der Waals surface area contributed by atoms with Gasteiger partial charge >= 0.3 is 5.97 Å². The maximum absolute atomic E-state index is 12.7. The molecule has 3 aromatic rings. The minimum atomic E-state index is -3.16. The predicted octanol–water partition coefficient (Wildman–Crippen LogP) is 2.31. The zero-order valence-electron chi connectivity index (χ0n) is 15.4. The molecule has 0 aliphatic rings. The standard InChI is InChI=1S/C19H19N3O5S/c1-3-27-19(24)16-17(22-11-5-4-6-15(22)20-16)21-18(23)14-9-7-13(8-10-14)12-28(2,25)26/h4-11H,3,12H2,1-2H3,(H,21,23). The van der Waals surface area contributed by atoms with E-state index in [2.05, 4.69) is 10.3 Å². The molecule has 0 fully saturated rings. The van der Waals surface area contributed by atoms with Gasteiger partial charge in [0.2, 0.25) is 0 Å². The van der Waals surface area contributed by atoms with Gasteiger partial charge in [-0.1, -0.05) is 18.2 Å². The third-order valence-corrected chi connectivity index (χ3v) is 4.73. The van der Waals surface area contributed by atoms with Gasteiger partial charge in [0.15, 0.2) is 21.3 Å². The van der Waals surface area contributed by atoms with Crippen LogP contribution in [0.3, 0.4) is 0 Å². The van der Waals surface area contributed by atoms with Gasteiger partial charge in [0, 0.05) is 18.0 Å². The van der Waals surface area contributed by atoms with Gasteiger partial charge in [-0.05, 0) is 36.8 Å². The Labute approximate surface area is 162 Å².